The second-order valence-electron chi connectivity index (χ2n) is 7.33. The largest absolute Gasteiger partial charge is 0.355 e. The van der Waals surface area contributed by atoms with Crippen LogP contribution in [0.25, 0.3) is 0 Å². The fourth-order valence-corrected chi connectivity index (χ4v) is 4.78. The summed E-state index contributed by atoms with van der Waals surface area (Å²) in [5, 5.41) is 3.42. The van der Waals surface area contributed by atoms with Gasteiger partial charge in [0.05, 0.1) is 0 Å². The first-order valence-corrected chi connectivity index (χ1v) is 10.9. The van der Waals surface area contributed by atoms with E-state index in [-0.39, 0.29) is 24.0 Å². The lowest BCUT2D eigenvalue weighted by molar-refractivity contribution is 0.143. The summed E-state index contributed by atoms with van der Waals surface area (Å²) in [4.78, 5) is 6.83. The molecule has 1 aliphatic rings. The molecule has 26 heavy (non-hydrogen) atoms. The summed E-state index contributed by atoms with van der Waals surface area (Å²) in [5.74, 6) is 2.23. The third kappa shape index (κ3) is 7.55. The highest BCUT2D eigenvalue weighted by Gasteiger charge is 2.31. The molecule has 0 saturated carbocycles. The fraction of sp³-hybridized carbons (Fsp3) is 0.650. The number of guanidine groups is 1. The van der Waals surface area contributed by atoms with Crippen molar-refractivity contribution in [3.05, 3.63) is 35.9 Å². The van der Waals surface area contributed by atoms with Crippen LogP contribution in [-0.4, -0.2) is 47.5 Å². The van der Waals surface area contributed by atoms with Gasteiger partial charge in [-0.2, -0.15) is 0 Å². The molecule has 1 aliphatic heterocycles. The van der Waals surface area contributed by atoms with Crippen LogP contribution < -0.4 is 5.32 Å². The van der Waals surface area contributed by atoms with Crippen LogP contribution in [0.3, 0.4) is 0 Å². The molecule has 4 nitrogen and oxygen atoms in total. The molecule has 2 rings (SSSR count). The van der Waals surface area contributed by atoms with Crippen molar-refractivity contribution in [3.8, 4) is 0 Å². The van der Waals surface area contributed by atoms with Crippen molar-refractivity contribution < 1.29 is 4.21 Å². The number of aliphatic imine (C=N–C) groups is 1. The average molecular weight is 491 g/mol. The van der Waals surface area contributed by atoms with Gasteiger partial charge in [0.1, 0.15) is 0 Å². The predicted octanol–water partition coefficient (Wildman–Crippen LogP) is 4.03. The summed E-state index contributed by atoms with van der Waals surface area (Å²) >= 11 is 0. The van der Waals surface area contributed by atoms with Crippen LogP contribution in [-0.2, 0) is 16.6 Å². The van der Waals surface area contributed by atoms with Crippen LogP contribution in [0, 0.1) is 5.41 Å². The van der Waals surface area contributed by atoms with Gasteiger partial charge in [0.25, 0.3) is 0 Å². The molecule has 1 aromatic carbocycles. The van der Waals surface area contributed by atoms with Crippen molar-refractivity contribution in [3.63, 3.8) is 0 Å². The van der Waals surface area contributed by atoms with E-state index in [2.05, 4.69) is 29.1 Å². The quantitative estimate of drug-likeness (QED) is 0.356. The zero-order valence-electron chi connectivity index (χ0n) is 16.4. The van der Waals surface area contributed by atoms with Crippen LogP contribution in [0.1, 0.15) is 45.1 Å². The Balaban J connectivity index is 0.00000338. The molecule has 0 amide bonds. The maximum Gasteiger partial charge on any atom is 0.193 e. The zero-order valence-corrected chi connectivity index (χ0v) is 19.5. The first kappa shape index (κ1) is 23.4. The number of nitrogens with zero attached hydrogens (tertiary/aromatic N) is 2. The van der Waals surface area contributed by atoms with Crippen LogP contribution in [0.4, 0.5) is 0 Å². The highest BCUT2D eigenvalue weighted by molar-refractivity contribution is 14.0. The monoisotopic (exact) mass is 491 g/mol. The summed E-state index contributed by atoms with van der Waals surface area (Å²) in [6.45, 7) is 7.48. The number of hydrogen-bond acceptors (Lipinski definition) is 2. The molecule has 2 atom stereocenters. The summed E-state index contributed by atoms with van der Waals surface area (Å²) in [5.41, 5.74) is 1.53. The van der Waals surface area contributed by atoms with E-state index in [1.165, 1.54) is 25.7 Å². The average Bonchev–Trinajstić information content (AvgIpc) is 2.59. The summed E-state index contributed by atoms with van der Waals surface area (Å²) < 4.78 is 12.3. The van der Waals surface area contributed by atoms with Gasteiger partial charge < -0.3 is 10.2 Å². The highest BCUT2D eigenvalue weighted by atomic mass is 127. The van der Waals surface area contributed by atoms with Gasteiger partial charge in [0, 0.05) is 49.0 Å². The maximum absolute atomic E-state index is 12.3. The number of hydrogen-bond donors (Lipinski definition) is 1. The van der Waals surface area contributed by atoms with Crippen molar-refractivity contribution in [2.75, 3.05) is 32.4 Å². The smallest absolute Gasteiger partial charge is 0.193 e. The molecule has 0 spiro atoms. The minimum atomic E-state index is -0.849. The summed E-state index contributed by atoms with van der Waals surface area (Å²) in [7, 11) is 0.994. The molecule has 1 N–H and O–H groups in total. The van der Waals surface area contributed by atoms with Gasteiger partial charge in [0.15, 0.2) is 5.96 Å². The molecule has 2 unspecified atom stereocenters. The lowest BCUT2D eigenvalue weighted by Gasteiger charge is -2.42. The Morgan fingerprint density at radius 2 is 2.08 bits per heavy atom. The van der Waals surface area contributed by atoms with Crippen molar-refractivity contribution in [1.82, 2.24) is 10.2 Å². The van der Waals surface area contributed by atoms with Gasteiger partial charge in [-0.1, -0.05) is 50.6 Å². The number of halogens is 1. The molecular weight excluding hydrogens is 457 g/mol. The third-order valence-corrected chi connectivity index (χ3v) is 6.24. The van der Waals surface area contributed by atoms with E-state index in [0.29, 0.717) is 23.5 Å². The SMILES string of the molecule is CCCC1(C)CCCN(C(=NC)NCCS(=O)Cc2ccccc2)C1.I. The zero-order chi connectivity index (χ0) is 18.1. The molecule has 148 valence electrons. The van der Waals surface area contributed by atoms with Crippen molar-refractivity contribution in [1.29, 1.82) is 0 Å². The lowest BCUT2D eigenvalue weighted by atomic mass is 9.78. The molecule has 1 fully saturated rings. The fourth-order valence-electron chi connectivity index (χ4n) is 3.75. The van der Waals surface area contributed by atoms with E-state index in [4.69, 9.17) is 0 Å². The molecule has 0 aromatic heterocycles. The van der Waals surface area contributed by atoms with Crippen LogP contribution in [0.15, 0.2) is 35.3 Å². The number of likely N-dealkylation sites (tertiary alicyclic amines) is 1. The first-order valence-electron chi connectivity index (χ1n) is 9.41. The van der Waals surface area contributed by atoms with E-state index in [0.717, 1.165) is 24.6 Å². The van der Waals surface area contributed by atoms with Gasteiger partial charge >= 0.3 is 0 Å². The third-order valence-electron chi connectivity index (χ3n) is 4.93. The first-order chi connectivity index (χ1) is 12.1. The Morgan fingerprint density at radius 1 is 1.35 bits per heavy atom. The Bertz CT molecular complexity index is 578. The van der Waals surface area contributed by atoms with Crippen LogP contribution in [0.5, 0.6) is 0 Å². The molecule has 1 saturated heterocycles. The summed E-state index contributed by atoms with van der Waals surface area (Å²) in [6.07, 6.45) is 5.02. The van der Waals surface area contributed by atoms with Crippen molar-refractivity contribution in [2.24, 2.45) is 10.4 Å². The van der Waals surface area contributed by atoms with E-state index in [1.54, 1.807) is 0 Å². The number of benzene rings is 1. The van der Waals surface area contributed by atoms with Gasteiger partial charge in [-0.05, 0) is 30.2 Å². The number of piperidine rings is 1. The second-order valence-corrected chi connectivity index (χ2v) is 8.91. The minimum absolute atomic E-state index is 0. The molecule has 6 heteroatoms. The molecule has 0 bridgehead atoms. The molecular formula is C20H34IN3OS. The topological polar surface area (TPSA) is 44.7 Å². The normalized spacial score (nSPS) is 21.8. The molecule has 1 heterocycles. The minimum Gasteiger partial charge on any atom is -0.355 e. The number of nitrogens with one attached hydrogen (secondary N) is 1. The standard InChI is InChI=1S/C20H33N3OS.HI/c1-4-11-20(2)12-8-14-23(17-20)19(21-3)22-13-15-25(24)16-18-9-6-5-7-10-18;/h5-7,9-10H,4,8,11-17H2,1-3H3,(H,21,22);1H. The Morgan fingerprint density at radius 3 is 2.73 bits per heavy atom. The van der Waals surface area contributed by atoms with Gasteiger partial charge in [-0.25, -0.2) is 0 Å². The van der Waals surface area contributed by atoms with E-state index in [9.17, 15) is 4.21 Å². The molecule has 1 aromatic rings. The Kier molecular flexibility index (Phi) is 10.8. The molecule has 0 aliphatic carbocycles. The Hall–Kier alpha value is -0.630. The lowest BCUT2D eigenvalue weighted by Crippen LogP contribution is -2.50. The van der Waals surface area contributed by atoms with E-state index >= 15 is 0 Å². The van der Waals surface area contributed by atoms with E-state index < -0.39 is 10.8 Å². The van der Waals surface area contributed by atoms with Crippen LogP contribution >= 0.6 is 24.0 Å². The van der Waals surface area contributed by atoms with Gasteiger partial charge in [0.2, 0.25) is 0 Å². The Labute approximate surface area is 178 Å². The van der Waals surface area contributed by atoms with Crippen LogP contribution in [0.2, 0.25) is 0 Å². The van der Waals surface area contributed by atoms with Gasteiger partial charge in [-0.15, -0.1) is 24.0 Å². The summed E-state index contributed by atoms with van der Waals surface area (Å²) in [6, 6.07) is 10.1. The van der Waals surface area contributed by atoms with E-state index in [1.807, 2.05) is 37.4 Å². The predicted molar refractivity (Wildman–Crippen MR) is 124 cm³/mol. The molecule has 0 radical (unpaired) electrons. The number of rotatable bonds is 7. The van der Waals surface area contributed by atoms with Gasteiger partial charge in [-0.3, -0.25) is 9.20 Å². The maximum atomic E-state index is 12.3. The van der Waals surface area contributed by atoms with Crippen molar-refractivity contribution >= 4 is 40.7 Å². The second kappa shape index (κ2) is 12.0. The highest BCUT2D eigenvalue weighted by Crippen LogP contribution is 2.33. The van der Waals surface area contributed by atoms with Crippen molar-refractivity contribution in [2.45, 2.75) is 45.3 Å².